The maximum atomic E-state index is 12.8. The maximum Gasteiger partial charge on any atom is 0.265 e. The first-order chi connectivity index (χ1) is 15.1. The smallest absolute Gasteiger partial charge is 0.265 e. The number of amides is 1. The minimum atomic E-state index is -0.373. The molecule has 1 heterocycles. The molecule has 0 bridgehead atoms. The lowest BCUT2D eigenvalue weighted by Crippen LogP contribution is -2.14. The number of carbonyl (C=O) groups excluding carboxylic acids is 1. The topological polar surface area (TPSA) is 73.3 Å². The molecule has 0 saturated heterocycles. The fourth-order valence-electron chi connectivity index (χ4n) is 3.07. The van der Waals surface area contributed by atoms with E-state index in [0.717, 1.165) is 21.2 Å². The van der Waals surface area contributed by atoms with E-state index >= 15 is 0 Å². The van der Waals surface area contributed by atoms with E-state index in [4.69, 9.17) is 9.47 Å². The molecule has 4 aromatic rings. The summed E-state index contributed by atoms with van der Waals surface area (Å²) in [4.78, 5) is 12.8. The quantitative estimate of drug-likeness (QED) is 0.360. The number of hydrogen-bond donors (Lipinski definition) is 1. The summed E-state index contributed by atoms with van der Waals surface area (Å²) in [5, 5.41) is 12.2. The first-order valence-electron chi connectivity index (χ1n) is 9.31. The Bertz CT molecular complexity index is 1190. The molecule has 1 amide bonds. The van der Waals surface area contributed by atoms with Crippen molar-refractivity contribution in [1.82, 2.24) is 10.2 Å². The van der Waals surface area contributed by atoms with E-state index < -0.39 is 0 Å². The van der Waals surface area contributed by atoms with Gasteiger partial charge in [-0.1, -0.05) is 69.7 Å². The Hall–Kier alpha value is -3.23. The number of hydrogen-bond acceptors (Lipinski definition) is 6. The monoisotopic (exact) mass is 495 g/mol. The molecule has 0 aliphatic carbocycles. The lowest BCUT2D eigenvalue weighted by Gasteiger charge is -2.11. The average Bonchev–Trinajstić information content (AvgIpc) is 3.27. The van der Waals surface area contributed by atoms with Crippen LogP contribution in [0.3, 0.4) is 0 Å². The highest BCUT2D eigenvalue weighted by Crippen LogP contribution is 2.32. The lowest BCUT2D eigenvalue weighted by atomic mass is 10.0. The number of nitrogens with zero attached hydrogens (tertiary/aromatic N) is 2. The van der Waals surface area contributed by atoms with Crippen LogP contribution >= 0.6 is 27.3 Å². The minimum absolute atomic E-state index is 0.308. The average molecular weight is 496 g/mol. The second-order valence-electron chi connectivity index (χ2n) is 6.49. The van der Waals surface area contributed by atoms with E-state index in [0.29, 0.717) is 27.2 Å². The molecule has 0 spiro atoms. The molecule has 1 N–H and O–H groups in total. The molecule has 31 heavy (non-hydrogen) atoms. The second-order valence-corrected chi connectivity index (χ2v) is 8.38. The predicted molar refractivity (Wildman–Crippen MR) is 126 cm³/mol. The zero-order chi connectivity index (χ0) is 21.8. The Morgan fingerprint density at radius 3 is 1.97 bits per heavy atom. The van der Waals surface area contributed by atoms with E-state index in [1.807, 2.05) is 36.4 Å². The van der Waals surface area contributed by atoms with Crippen LogP contribution in [-0.2, 0) is 0 Å². The number of rotatable bonds is 6. The van der Waals surface area contributed by atoms with Crippen molar-refractivity contribution < 1.29 is 14.3 Å². The van der Waals surface area contributed by atoms with Gasteiger partial charge in [0.2, 0.25) is 5.13 Å². The summed E-state index contributed by atoms with van der Waals surface area (Å²) in [6, 6.07) is 21.4. The highest BCUT2D eigenvalue weighted by atomic mass is 79.9. The molecule has 0 radical (unpaired) electrons. The minimum Gasteiger partial charge on any atom is -0.496 e. The third-order valence-corrected chi connectivity index (χ3v) is 6.03. The molecule has 0 atom stereocenters. The van der Waals surface area contributed by atoms with Gasteiger partial charge < -0.3 is 9.47 Å². The Balaban J connectivity index is 1.52. The van der Waals surface area contributed by atoms with E-state index in [1.54, 1.807) is 18.2 Å². The summed E-state index contributed by atoms with van der Waals surface area (Å²) in [5.41, 5.74) is 3.47. The van der Waals surface area contributed by atoms with Crippen molar-refractivity contribution in [2.24, 2.45) is 0 Å². The summed E-state index contributed by atoms with van der Waals surface area (Å²) in [7, 11) is 3.01. The molecular weight excluding hydrogens is 478 g/mol. The molecule has 156 valence electrons. The molecule has 4 rings (SSSR count). The highest BCUT2D eigenvalue weighted by Gasteiger charge is 2.20. The van der Waals surface area contributed by atoms with Gasteiger partial charge in [0.15, 0.2) is 0 Å². The van der Waals surface area contributed by atoms with Gasteiger partial charge in [0.1, 0.15) is 22.1 Å². The molecule has 0 aliphatic rings. The second kappa shape index (κ2) is 9.28. The van der Waals surface area contributed by atoms with Crippen LogP contribution in [0.15, 0.2) is 71.2 Å². The fourth-order valence-corrected chi connectivity index (χ4v) is 4.08. The van der Waals surface area contributed by atoms with E-state index in [1.165, 1.54) is 25.6 Å². The molecule has 0 fully saturated rings. The van der Waals surface area contributed by atoms with Crippen LogP contribution in [0.25, 0.3) is 21.7 Å². The number of anilines is 1. The molecular formula is C23H18BrN3O3S. The van der Waals surface area contributed by atoms with Crippen molar-refractivity contribution in [3.63, 3.8) is 0 Å². The number of benzene rings is 3. The predicted octanol–water partition coefficient (Wildman–Crippen LogP) is 5.90. The van der Waals surface area contributed by atoms with Crippen LogP contribution in [0.2, 0.25) is 0 Å². The van der Waals surface area contributed by atoms with Crippen molar-refractivity contribution >= 4 is 38.3 Å². The van der Waals surface area contributed by atoms with Crippen molar-refractivity contribution in [2.75, 3.05) is 19.5 Å². The van der Waals surface area contributed by atoms with Gasteiger partial charge in [-0.15, -0.1) is 10.2 Å². The normalized spacial score (nSPS) is 10.5. The third-order valence-electron chi connectivity index (χ3n) is 4.61. The van der Waals surface area contributed by atoms with Crippen LogP contribution in [0, 0.1) is 0 Å². The summed E-state index contributed by atoms with van der Waals surface area (Å²) < 4.78 is 11.6. The molecule has 6 nitrogen and oxygen atoms in total. The number of nitrogens with one attached hydrogen (secondary N) is 1. The van der Waals surface area contributed by atoms with Gasteiger partial charge in [-0.25, -0.2) is 0 Å². The van der Waals surface area contributed by atoms with Crippen molar-refractivity contribution in [3.05, 3.63) is 76.8 Å². The number of methoxy groups -OCH3 is 2. The van der Waals surface area contributed by atoms with Crippen LogP contribution < -0.4 is 14.8 Å². The van der Waals surface area contributed by atoms with E-state index in [2.05, 4.69) is 43.6 Å². The number of ether oxygens (including phenoxy) is 2. The summed E-state index contributed by atoms with van der Waals surface area (Å²) in [5.74, 6) is 0.470. The zero-order valence-electron chi connectivity index (χ0n) is 16.8. The van der Waals surface area contributed by atoms with Crippen LogP contribution in [0.5, 0.6) is 11.5 Å². The van der Waals surface area contributed by atoms with Crippen molar-refractivity contribution in [2.45, 2.75) is 0 Å². The van der Waals surface area contributed by atoms with Gasteiger partial charge in [-0.05, 0) is 35.4 Å². The Morgan fingerprint density at radius 2 is 1.39 bits per heavy atom. The maximum absolute atomic E-state index is 12.8. The first kappa shape index (κ1) is 21.0. The van der Waals surface area contributed by atoms with Gasteiger partial charge in [0.05, 0.1) is 14.2 Å². The standard InChI is InChI=1S/C23H18BrN3O3S/c1-29-18-4-3-5-19(30-2)20(18)21(28)25-23-27-26-22(31-23)16-8-6-14(7-9-16)15-10-12-17(24)13-11-15/h3-13H,1-2H3,(H,25,27,28). The number of carbonyl (C=O) groups is 1. The Morgan fingerprint density at radius 1 is 0.839 bits per heavy atom. The van der Waals surface area contributed by atoms with Crippen molar-refractivity contribution in [1.29, 1.82) is 0 Å². The molecule has 1 aromatic heterocycles. The van der Waals surface area contributed by atoms with Crippen LogP contribution in [-0.4, -0.2) is 30.3 Å². The summed E-state index contributed by atoms with van der Waals surface area (Å²) in [6.07, 6.45) is 0. The van der Waals surface area contributed by atoms with Gasteiger partial charge in [-0.2, -0.15) is 0 Å². The molecule has 3 aromatic carbocycles. The molecule has 0 unspecified atom stereocenters. The van der Waals surface area contributed by atoms with Crippen LogP contribution in [0.4, 0.5) is 5.13 Å². The SMILES string of the molecule is COc1cccc(OC)c1C(=O)Nc1nnc(-c2ccc(-c3ccc(Br)cc3)cc2)s1. The molecule has 0 aliphatic heterocycles. The number of halogens is 1. The third kappa shape index (κ3) is 4.60. The molecule has 0 saturated carbocycles. The van der Waals surface area contributed by atoms with Crippen molar-refractivity contribution in [3.8, 4) is 33.2 Å². The Kier molecular flexibility index (Phi) is 6.29. The highest BCUT2D eigenvalue weighted by molar-refractivity contribution is 9.10. The van der Waals surface area contributed by atoms with Gasteiger partial charge in [0, 0.05) is 10.0 Å². The summed E-state index contributed by atoms with van der Waals surface area (Å²) >= 11 is 4.75. The van der Waals surface area contributed by atoms with Gasteiger partial charge >= 0.3 is 0 Å². The lowest BCUT2D eigenvalue weighted by molar-refractivity contribution is 0.102. The zero-order valence-corrected chi connectivity index (χ0v) is 19.2. The van der Waals surface area contributed by atoms with Gasteiger partial charge in [0.25, 0.3) is 5.91 Å². The fraction of sp³-hybridized carbons (Fsp3) is 0.0870. The van der Waals surface area contributed by atoms with E-state index in [9.17, 15) is 4.79 Å². The van der Waals surface area contributed by atoms with E-state index in [-0.39, 0.29) is 5.91 Å². The largest absolute Gasteiger partial charge is 0.496 e. The summed E-state index contributed by atoms with van der Waals surface area (Å²) in [6.45, 7) is 0. The first-order valence-corrected chi connectivity index (χ1v) is 10.9. The number of aromatic nitrogens is 2. The molecule has 8 heteroatoms. The van der Waals surface area contributed by atoms with Gasteiger partial charge in [-0.3, -0.25) is 10.1 Å². The van der Waals surface area contributed by atoms with Crippen LogP contribution in [0.1, 0.15) is 10.4 Å². The Labute approximate surface area is 192 Å².